The first-order valence-corrected chi connectivity index (χ1v) is 11.0. The zero-order valence-electron chi connectivity index (χ0n) is 15.3. The molecule has 0 unspecified atom stereocenters. The second-order valence-corrected chi connectivity index (χ2v) is 8.88. The standard InChI is InChI=1S/C21H25ClN2OS/c1-14-6-4-5-11-24(14)20(25)13-26-21-16-7-2-3-8-18(16)23-19-12-15(22)9-10-17(19)21/h9-10,12,14H,2-8,11,13H2,1H3/t14-/m1/s1. The molecule has 1 atom stereocenters. The molecule has 4 rings (SSSR count). The van der Waals surface area contributed by atoms with Crippen molar-refractivity contribution in [3.63, 3.8) is 0 Å². The van der Waals surface area contributed by atoms with Gasteiger partial charge in [0.25, 0.3) is 0 Å². The lowest BCUT2D eigenvalue weighted by Crippen LogP contribution is -2.42. The molecule has 1 fully saturated rings. The molecule has 0 saturated carbocycles. The van der Waals surface area contributed by atoms with Gasteiger partial charge in [0.2, 0.25) is 5.91 Å². The molecule has 0 bridgehead atoms. The Labute approximate surface area is 164 Å². The number of benzene rings is 1. The summed E-state index contributed by atoms with van der Waals surface area (Å²) in [5.74, 6) is 0.782. The van der Waals surface area contributed by atoms with Gasteiger partial charge in [-0.25, -0.2) is 0 Å². The molecule has 138 valence electrons. The molecule has 2 aromatic rings. The molecule has 1 amide bonds. The summed E-state index contributed by atoms with van der Waals surface area (Å²) in [7, 11) is 0. The van der Waals surface area contributed by atoms with Crippen molar-refractivity contribution in [2.75, 3.05) is 12.3 Å². The SMILES string of the molecule is C[C@@H]1CCCCN1C(=O)CSc1c2c(nc3cc(Cl)ccc13)CCCC2. The maximum absolute atomic E-state index is 12.8. The maximum Gasteiger partial charge on any atom is 0.233 e. The molecule has 0 N–H and O–H groups in total. The predicted octanol–water partition coefficient (Wildman–Crippen LogP) is 5.26. The summed E-state index contributed by atoms with van der Waals surface area (Å²) in [6, 6.07) is 6.32. The molecular formula is C21H25ClN2OS. The fourth-order valence-electron chi connectivity index (χ4n) is 4.20. The van der Waals surface area contributed by atoms with Gasteiger partial charge in [0.1, 0.15) is 0 Å². The van der Waals surface area contributed by atoms with Gasteiger partial charge in [0.05, 0.1) is 11.3 Å². The Balaban J connectivity index is 1.63. The zero-order valence-corrected chi connectivity index (χ0v) is 16.8. The van der Waals surface area contributed by atoms with E-state index < -0.39 is 0 Å². The summed E-state index contributed by atoms with van der Waals surface area (Å²) in [6.07, 6.45) is 8.00. The lowest BCUT2D eigenvalue weighted by Gasteiger charge is -2.33. The van der Waals surface area contributed by atoms with E-state index in [1.54, 1.807) is 11.8 Å². The first-order valence-electron chi connectivity index (χ1n) is 9.67. The lowest BCUT2D eigenvalue weighted by atomic mass is 9.94. The summed E-state index contributed by atoms with van der Waals surface area (Å²) >= 11 is 7.89. The van der Waals surface area contributed by atoms with Crippen molar-refractivity contribution in [3.05, 3.63) is 34.5 Å². The van der Waals surface area contributed by atoms with Crippen molar-refractivity contribution < 1.29 is 4.79 Å². The second kappa shape index (κ2) is 7.77. The van der Waals surface area contributed by atoms with E-state index >= 15 is 0 Å². The third-order valence-corrected chi connectivity index (χ3v) is 7.02. The first-order chi connectivity index (χ1) is 12.6. The van der Waals surface area contributed by atoms with Gasteiger partial charge in [0.15, 0.2) is 0 Å². The minimum Gasteiger partial charge on any atom is -0.339 e. The monoisotopic (exact) mass is 388 g/mol. The van der Waals surface area contributed by atoms with Crippen LogP contribution in [-0.2, 0) is 17.6 Å². The van der Waals surface area contributed by atoms with Gasteiger partial charge in [-0.15, -0.1) is 11.8 Å². The lowest BCUT2D eigenvalue weighted by molar-refractivity contribution is -0.131. The van der Waals surface area contributed by atoms with Gasteiger partial charge < -0.3 is 4.90 Å². The highest BCUT2D eigenvalue weighted by Gasteiger charge is 2.24. The number of piperidine rings is 1. The number of likely N-dealkylation sites (tertiary alicyclic amines) is 1. The van der Waals surface area contributed by atoms with Crippen LogP contribution >= 0.6 is 23.4 Å². The van der Waals surface area contributed by atoms with Crippen LogP contribution in [0.25, 0.3) is 10.9 Å². The Morgan fingerprint density at radius 2 is 2.12 bits per heavy atom. The normalized spacial score (nSPS) is 20.2. The molecule has 1 aromatic carbocycles. The van der Waals surface area contributed by atoms with Gasteiger partial charge >= 0.3 is 0 Å². The molecule has 3 nitrogen and oxygen atoms in total. The Morgan fingerprint density at radius 1 is 1.27 bits per heavy atom. The first kappa shape index (κ1) is 18.1. The molecule has 5 heteroatoms. The zero-order chi connectivity index (χ0) is 18.1. The van der Waals surface area contributed by atoms with Crippen LogP contribution in [0.4, 0.5) is 0 Å². The average Bonchev–Trinajstić information content (AvgIpc) is 2.65. The van der Waals surface area contributed by atoms with Crippen molar-refractivity contribution >= 4 is 40.2 Å². The quantitative estimate of drug-likeness (QED) is 0.672. The number of thioether (sulfide) groups is 1. The Morgan fingerprint density at radius 3 is 2.96 bits per heavy atom. The van der Waals surface area contributed by atoms with Crippen LogP contribution in [0, 0.1) is 0 Å². The third-order valence-electron chi connectivity index (χ3n) is 5.64. The van der Waals surface area contributed by atoms with Crippen LogP contribution in [0.5, 0.6) is 0 Å². The number of hydrogen-bond acceptors (Lipinski definition) is 3. The van der Waals surface area contributed by atoms with E-state index in [4.69, 9.17) is 16.6 Å². The van der Waals surface area contributed by atoms with Crippen molar-refractivity contribution in [3.8, 4) is 0 Å². The number of rotatable bonds is 3. The van der Waals surface area contributed by atoms with E-state index in [2.05, 4.69) is 17.9 Å². The van der Waals surface area contributed by atoms with Crippen LogP contribution in [0.3, 0.4) is 0 Å². The van der Waals surface area contributed by atoms with Gasteiger partial charge in [-0.05, 0) is 69.6 Å². The van der Waals surface area contributed by atoms with E-state index in [9.17, 15) is 4.79 Å². The highest BCUT2D eigenvalue weighted by Crippen LogP contribution is 2.37. The molecule has 0 spiro atoms. The number of carbonyl (C=O) groups excluding carboxylic acids is 1. The van der Waals surface area contributed by atoms with Gasteiger partial charge in [-0.1, -0.05) is 17.7 Å². The molecular weight excluding hydrogens is 364 g/mol. The average molecular weight is 389 g/mol. The van der Waals surface area contributed by atoms with E-state index in [0.29, 0.717) is 11.8 Å². The van der Waals surface area contributed by atoms with Crippen LogP contribution in [0.2, 0.25) is 5.02 Å². The topological polar surface area (TPSA) is 33.2 Å². The van der Waals surface area contributed by atoms with Crippen molar-refractivity contribution in [1.82, 2.24) is 9.88 Å². The molecule has 1 aromatic heterocycles. The Hall–Kier alpha value is -1.26. The fourth-order valence-corrected chi connectivity index (χ4v) is 5.53. The van der Waals surface area contributed by atoms with Crippen LogP contribution in [-0.4, -0.2) is 34.1 Å². The fraction of sp³-hybridized carbons (Fsp3) is 0.524. The maximum atomic E-state index is 12.8. The van der Waals surface area contributed by atoms with Crippen LogP contribution < -0.4 is 0 Å². The number of nitrogens with zero attached hydrogens (tertiary/aromatic N) is 2. The summed E-state index contributed by atoms with van der Waals surface area (Å²) in [5.41, 5.74) is 3.52. The number of amides is 1. The summed E-state index contributed by atoms with van der Waals surface area (Å²) in [5, 5.41) is 1.86. The number of carbonyl (C=O) groups is 1. The summed E-state index contributed by atoms with van der Waals surface area (Å²) in [6.45, 7) is 3.08. The molecule has 1 saturated heterocycles. The molecule has 0 radical (unpaired) electrons. The van der Waals surface area contributed by atoms with Gasteiger partial charge in [-0.3, -0.25) is 9.78 Å². The minimum absolute atomic E-state index is 0.269. The number of aryl methyl sites for hydroxylation is 1. The number of fused-ring (bicyclic) bond motifs is 2. The molecule has 1 aliphatic heterocycles. The van der Waals surface area contributed by atoms with Crippen molar-refractivity contribution in [1.29, 1.82) is 0 Å². The Bertz CT molecular complexity index is 838. The molecule has 2 heterocycles. The highest BCUT2D eigenvalue weighted by molar-refractivity contribution is 8.00. The van der Waals surface area contributed by atoms with Gasteiger partial charge in [0, 0.05) is 33.6 Å². The number of hydrogen-bond donors (Lipinski definition) is 0. The minimum atomic E-state index is 0.269. The Kier molecular flexibility index (Phi) is 5.42. The van der Waals surface area contributed by atoms with E-state index in [-0.39, 0.29) is 5.91 Å². The van der Waals surface area contributed by atoms with Crippen LogP contribution in [0.1, 0.15) is 50.3 Å². The van der Waals surface area contributed by atoms with E-state index in [1.807, 2.05) is 12.1 Å². The number of pyridine rings is 1. The van der Waals surface area contributed by atoms with Crippen molar-refractivity contribution in [2.24, 2.45) is 0 Å². The van der Waals surface area contributed by atoms with Crippen LogP contribution in [0.15, 0.2) is 23.1 Å². The summed E-state index contributed by atoms with van der Waals surface area (Å²) < 4.78 is 0. The van der Waals surface area contributed by atoms with E-state index in [1.165, 1.54) is 35.4 Å². The smallest absolute Gasteiger partial charge is 0.233 e. The largest absolute Gasteiger partial charge is 0.339 e. The number of halogens is 1. The third kappa shape index (κ3) is 3.59. The summed E-state index contributed by atoms with van der Waals surface area (Å²) in [4.78, 5) is 21.0. The second-order valence-electron chi connectivity index (χ2n) is 7.46. The molecule has 26 heavy (non-hydrogen) atoms. The van der Waals surface area contributed by atoms with Gasteiger partial charge in [-0.2, -0.15) is 0 Å². The molecule has 1 aliphatic carbocycles. The number of aromatic nitrogens is 1. The highest BCUT2D eigenvalue weighted by atomic mass is 35.5. The van der Waals surface area contributed by atoms with E-state index in [0.717, 1.165) is 48.2 Å². The molecule has 2 aliphatic rings. The predicted molar refractivity (Wildman–Crippen MR) is 109 cm³/mol. The van der Waals surface area contributed by atoms with Crippen molar-refractivity contribution in [2.45, 2.75) is 62.8 Å².